The number of nitrogens with zero attached hydrogens (tertiary/aromatic N) is 3. The largest absolute Gasteiger partial charge is 0.381 e. The first-order chi connectivity index (χ1) is 6.66. The summed E-state index contributed by atoms with van der Waals surface area (Å²) in [6.07, 6.45) is 1.37. The van der Waals surface area contributed by atoms with E-state index in [9.17, 15) is 4.39 Å². The van der Waals surface area contributed by atoms with E-state index in [-0.39, 0.29) is 11.6 Å². The van der Waals surface area contributed by atoms with Crippen LogP contribution in [0.1, 0.15) is 5.56 Å². The van der Waals surface area contributed by atoms with Crippen LogP contribution in [0.4, 0.5) is 10.2 Å². The number of nitrogen functional groups attached to an aromatic ring is 1. The molecule has 72 valence electrons. The molecule has 1 heterocycles. The van der Waals surface area contributed by atoms with Crippen molar-refractivity contribution in [3.63, 3.8) is 0 Å². The molecule has 0 aliphatic carbocycles. The first kappa shape index (κ1) is 8.68. The van der Waals surface area contributed by atoms with Gasteiger partial charge in [0, 0.05) is 0 Å². The lowest BCUT2D eigenvalue weighted by molar-refractivity contribution is 0.596. The van der Waals surface area contributed by atoms with E-state index in [0.29, 0.717) is 5.69 Å². The first-order valence-corrected chi connectivity index (χ1v) is 4.11. The zero-order valence-corrected chi connectivity index (χ0v) is 7.61. The van der Waals surface area contributed by atoms with Crippen molar-refractivity contribution in [1.29, 1.82) is 0 Å². The van der Waals surface area contributed by atoms with Crippen LogP contribution in [0.15, 0.2) is 24.4 Å². The molecule has 1 aromatic carbocycles. The second kappa shape index (κ2) is 3.10. The molecule has 2 rings (SSSR count). The van der Waals surface area contributed by atoms with Gasteiger partial charge in [0.1, 0.15) is 5.69 Å². The van der Waals surface area contributed by atoms with Crippen molar-refractivity contribution in [2.45, 2.75) is 6.92 Å². The Labute approximate surface area is 80.2 Å². The van der Waals surface area contributed by atoms with Gasteiger partial charge in [-0.05, 0) is 24.6 Å². The zero-order chi connectivity index (χ0) is 10.1. The third-order valence-corrected chi connectivity index (χ3v) is 1.83. The molecule has 0 spiro atoms. The Balaban J connectivity index is 2.52. The molecule has 5 heteroatoms. The summed E-state index contributed by atoms with van der Waals surface area (Å²) in [5, 5.41) is 7.63. The van der Waals surface area contributed by atoms with Gasteiger partial charge < -0.3 is 5.73 Å². The van der Waals surface area contributed by atoms with Gasteiger partial charge in [0.25, 0.3) is 0 Å². The summed E-state index contributed by atoms with van der Waals surface area (Å²) in [4.78, 5) is 1.17. The van der Waals surface area contributed by atoms with Crippen molar-refractivity contribution < 1.29 is 4.39 Å². The maximum absolute atomic E-state index is 13.4. The van der Waals surface area contributed by atoms with Crippen LogP contribution in [-0.4, -0.2) is 15.0 Å². The number of anilines is 1. The summed E-state index contributed by atoms with van der Waals surface area (Å²) >= 11 is 0. The van der Waals surface area contributed by atoms with E-state index in [2.05, 4.69) is 10.2 Å². The Morgan fingerprint density at radius 3 is 2.79 bits per heavy atom. The Kier molecular flexibility index (Phi) is 1.92. The average molecular weight is 192 g/mol. The van der Waals surface area contributed by atoms with Gasteiger partial charge in [-0.25, -0.2) is 4.39 Å². The van der Waals surface area contributed by atoms with Crippen LogP contribution in [0.2, 0.25) is 0 Å². The standard InChI is InChI=1S/C9H9FN4/c1-6-2-3-8(7(10)4-6)14-12-5-9(11)13-14/h2-5H,1H3,(H2,11,13). The molecule has 0 unspecified atom stereocenters. The van der Waals surface area contributed by atoms with E-state index in [0.717, 1.165) is 5.56 Å². The fourth-order valence-corrected chi connectivity index (χ4v) is 1.17. The fraction of sp³-hybridized carbons (Fsp3) is 0.111. The first-order valence-electron chi connectivity index (χ1n) is 4.11. The topological polar surface area (TPSA) is 56.7 Å². The van der Waals surface area contributed by atoms with Crippen molar-refractivity contribution in [2.75, 3.05) is 5.73 Å². The normalized spacial score (nSPS) is 10.4. The van der Waals surface area contributed by atoms with Crippen LogP contribution in [0.3, 0.4) is 0 Å². The molecular weight excluding hydrogens is 183 g/mol. The third kappa shape index (κ3) is 1.44. The monoisotopic (exact) mass is 192 g/mol. The maximum Gasteiger partial charge on any atom is 0.166 e. The lowest BCUT2D eigenvalue weighted by Gasteiger charge is -2.01. The highest BCUT2D eigenvalue weighted by atomic mass is 19.1. The highest BCUT2D eigenvalue weighted by Gasteiger charge is 2.06. The molecular formula is C9H9FN4. The minimum Gasteiger partial charge on any atom is -0.381 e. The quantitative estimate of drug-likeness (QED) is 0.740. The molecule has 0 amide bonds. The lowest BCUT2D eigenvalue weighted by Crippen LogP contribution is -2.02. The van der Waals surface area contributed by atoms with E-state index in [1.165, 1.54) is 17.1 Å². The second-order valence-corrected chi connectivity index (χ2v) is 3.01. The molecule has 0 radical (unpaired) electrons. The predicted molar refractivity (Wildman–Crippen MR) is 50.5 cm³/mol. The van der Waals surface area contributed by atoms with Crippen molar-refractivity contribution >= 4 is 5.82 Å². The molecule has 4 nitrogen and oxygen atoms in total. The Morgan fingerprint density at radius 2 is 2.21 bits per heavy atom. The molecule has 0 atom stereocenters. The second-order valence-electron chi connectivity index (χ2n) is 3.01. The minimum absolute atomic E-state index is 0.268. The zero-order valence-electron chi connectivity index (χ0n) is 7.61. The van der Waals surface area contributed by atoms with Crippen molar-refractivity contribution in [3.05, 3.63) is 35.8 Å². The van der Waals surface area contributed by atoms with Gasteiger partial charge in [0.15, 0.2) is 11.6 Å². The molecule has 14 heavy (non-hydrogen) atoms. The fourth-order valence-electron chi connectivity index (χ4n) is 1.17. The Bertz CT molecular complexity index is 464. The van der Waals surface area contributed by atoms with Gasteiger partial charge in [0.2, 0.25) is 0 Å². The minimum atomic E-state index is -0.361. The Morgan fingerprint density at radius 1 is 1.43 bits per heavy atom. The Hall–Kier alpha value is -1.91. The number of benzene rings is 1. The van der Waals surface area contributed by atoms with Crippen LogP contribution < -0.4 is 5.73 Å². The summed E-state index contributed by atoms with van der Waals surface area (Å²) in [5.41, 5.74) is 6.53. The van der Waals surface area contributed by atoms with Crippen LogP contribution in [0, 0.1) is 12.7 Å². The van der Waals surface area contributed by atoms with Crippen LogP contribution in [0.5, 0.6) is 0 Å². The molecule has 0 saturated carbocycles. The van der Waals surface area contributed by atoms with Crippen molar-refractivity contribution in [3.8, 4) is 5.69 Å². The molecule has 0 aliphatic heterocycles. The highest BCUT2D eigenvalue weighted by Crippen LogP contribution is 2.13. The maximum atomic E-state index is 13.4. The summed E-state index contributed by atoms with van der Waals surface area (Å²) in [6.45, 7) is 1.82. The summed E-state index contributed by atoms with van der Waals surface area (Å²) in [6, 6.07) is 4.83. The number of halogens is 1. The number of aromatic nitrogens is 3. The number of hydrogen-bond acceptors (Lipinski definition) is 3. The van der Waals surface area contributed by atoms with Gasteiger partial charge in [-0.1, -0.05) is 6.07 Å². The number of rotatable bonds is 1. The number of hydrogen-bond donors (Lipinski definition) is 1. The third-order valence-electron chi connectivity index (χ3n) is 1.83. The van der Waals surface area contributed by atoms with Crippen molar-refractivity contribution in [2.24, 2.45) is 0 Å². The molecule has 2 N–H and O–H groups in total. The van der Waals surface area contributed by atoms with Gasteiger partial charge in [-0.2, -0.15) is 5.10 Å². The highest BCUT2D eigenvalue weighted by molar-refractivity contribution is 5.35. The molecule has 1 aromatic heterocycles. The summed E-state index contributed by atoms with van der Waals surface area (Å²) < 4.78 is 13.4. The summed E-state index contributed by atoms with van der Waals surface area (Å²) in [5.74, 6) is -0.0921. The van der Waals surface area contributed by atoms with Crippen LogP contribution in [-0.2, 0) is 0 Å². The van der Waals surface area contributed by atoms with E-state index in [4.69, 9.17) is 5.73 Å². The molecule has 0 aliphatic rings. The van der Waals surface area contributed by atoms with Gasteiger partial charge in [-0.3, -0.25) is 0 Å². The molecule has 2 aromatic rings. The lowest BCUT2D eigenvalue weighted by atomic mass is 10.2. The van der Waals surface area contributed by atoms with Gasteiger partial charge >= 0.3 is 0 Å². The summed E-state index contributed by atoms with van der Waals surface area (Å²) in [7, 11) is 0. The average Bonchev–Trinajstić information content (AvgIpc) is 2.51. The van der Waals surface area contributed by atoms with Gasteiger partial charge in [0.05, 0.1) is 6.20 Å². The van der Waals surface area contributed by atoms with Crippen molar-refractivity contribution in [1.82, 2.24) is 15.0 Å². The van der Waals surface area contributed by atoms with Crippen LogP contribution in [0.25, 0.3) is 5.69 Å². The van der Waals surface area contributed by atoms with E-state index >= 15 is 0 Å². The smallest absolute Gasteiger partial charge is 0.166 e. The van der Waals surface area contributed by atoms with Gasteiger partial charge in [-0.15, -0.1) is 9.90 Å². The van der Waals surface area contributed by atoms with E-state index in [1.54, 1.807) is 12.1 Å². The van der Waals surface area contributed by atoms with E-state index < -0.39 is 0 Å². The molecule has 0 fully saturated rings. The molecule has 0 bridgehead atoms. The predicted octanol–water partition coefficient (Wildman–Crippen LogP) is 1.30. The van der Waals surface area contributed by atoms with Crippen LogP contribution >= 0.6 is 0 Å². The SMILES string of the molecule is Cc1ccc(-n2ncc(N)n2)c(F)c1. The number of nitrogens with two attached hydrogens (primary N) is 1. The van der Waals surface area contributed by atoms with E-state index in [1.807, 2.05) is 6.92 Å². The molecule has 0 saturated heterocycles. The number of aryl methyl sites for hydroxylation is 1.